The van der Waals surface area contributed by atoms with Crippen molar-refractivity contribution in [2.24, 2.45) is 0 Å². The molecule has 0 aliphatic carbocycles. The molecule has 1 saturated heterocycles. The third-order valence-corrected chi connectivity index (χ3v) is 6.49. The number of nitrogens with zero attached hydrogens (tertiary/aromatic N) is 2. The van der Waals surface area contributed by atoms with E-state index in [0.29, 0.717) is 12.2 Å². The van der Waals surface area contributed by atoms with Crippen molar-refractivity contribution in [3.05, 3.63) is 34.2 Å². The van der Waals surface area contributed by atoms with E-state index in [1.807, 2.05) is 6.07 Å². The van der Waals surface area contributed by atoms with Crippen LogP contribution < -0.4 is 5.73 Å². The molecule has 0 aromatic carbocycles. The number of aryl methyl sites for hydroxylation is 2. The Labute approximate surface area is 128 Å². The van der Waals surface area contributed by atoms with Gasteiger partial charge in [0, 0.05) is 10.9 Å². The van der Waals surface area contributed by atoms with E-state index in [1.165, 1.54) is 4.88 Å². The van der Waals surface area contributed by atoms with E-state index < -0.39 is 9.84 Å². The standard InChI is InChI=1S/C14H19N3O2S2/c15-14-9-11(3-1-4-13-5-2-7-20-13)16-17(14)12-6-8-21(18,19)10-12/h2,5,7,9,12H,1,3-4,6,8,10,15H2. The number of aromatic nitrogens is 2. The second kappa shape index (κ2) is 5.81. The Bertz CT molecular complexity index is 705. The highest BCUT2D eigenvalue weighted by Gasteiger charge is 2.30. The number of hydrogen-bond acceptors (Lipinski definition) is 5. The monoisotopic (exact) mass is 325 g/mol. The molecular formula is C14H19N3O2S2. The number of rotatable bonds is 5. The number of nitrogen functional groups attached to an aromatic ring is 1. The molecular weight excluding hydrogens is 306 g/mol. The van der Waals surface area contributed by atoms with Gasteiger partial charge in [-0.3, -0.25) is 0 Å². The molecule has 2 N–H and O–H groups in total. The van der Waals surface area contributed by atoms with Crippen LogP contribution in [0.2, 0.25) is 0 Å². The van der Waals surface area contributed by atoms with E-state index in [0.717, 1.165) is 25.0 Å². The molecule has 0 bridgehead atoms. The van der Waals surface area contributed by atoms with E-state index in [1.54, 1.807) is 16.0 Å². The minimum absolute atomic E-state index is 0.0963. The maximum Gasteiger partial charge on any atom is 0.152 e. The lowest BCUT2D eigenvalue weighted by Crippen LogP contribution is -2.14. The van der Waals surface area contributed by atoms with E-state index in [9.17, 15) is 8.42 Å². The molecule has 1 unspecified atom stereocenters. The van der Waals surface area contributed by atoms with E-state index >= 15 is 0 Å². The van der Waals surface area contributed by atoms with Gasteiger partial charge in [0.05, 0.1) is 23.2 Å². The SMILES string of the molecule is Nc1cc(CCCc2cccs2)nn1C1CCS(=O)(=O)C1. The van der Waals surface area contributed by atoms with Gasteiger partial charge in [-0.1, -0.05) is 6.07 Å². The second-order valence-electron chi connectivity index (χ2n) is 5.49. The maximum absolute atomic E-state index is 11.6. The van der Waals surface area contributed by atoms with Crippen LogP contribution in [0.5, 0.6) is 0 Å². The smallest absolute Gasteiger partial charge is 0.152 e. The van der Waals surface area contributed by atoms with Crippen molar-refractivity contribution >= 4 is 27.0 Å². The highest BCUT2D eigenvalue weighted by atomic mass is 32.2. The molecule has 1 aliphatic rings. The Morgan fingerprint density at radius 2 is 2.29 bits per heavy atom. The largest absolute Gasteiger partial charge is 0.384 e. The van der Waals surface area contributed by atoms with Crippen LogP contribution in [0.4, 0.5) is 5.82 Å². The molecule has 114 valence electrons. The number of anilines is 1. The third-order valence-electron chi connectivity index (χ3n) is 3.81. The van der Waals surface area contributed by atoms with Crippen molar-refractivity contribution in [3.63, 3.8) is 0 Å². The highest BCUT2D eigenvalue weighted by molar-refractivity contribution is 7.91. The first-order valence-electron chi connectivity index (χ1n) is 7.10. The minimum atomic E-state index is -2.91. The lowest BCUT2D eigenvalue weighted by molar-refractivity contribution is 0.501. The van der Waals surface area contributed by atoms with Crippen LogP contribution in [-0.2, 0) is 22.7 Å². The molecule has 0 radical (unpaired) electrons. The van der Waals surface area contributed by atoms with Crippen molar-refractivity contribution in [2.75, 3.05) is 17.2 Å². The summed E-state index contributed by atoms with van der Waals surface area (Å²) in [6, 6.07) is 5.98. The van der Waals surface area contributed by atoms with Crippen LogP contribution in [-0.4, -0.2) is 29.7 Å². The van der Waals surface area contributed by atoms with Crippen LogP contribution in [0.3, 0.4) is 0 Å². The zero-order valence-electron chi connectivity index (χ0n) is 11.7. The molecule has 1 aliphatic heterocycles. The predicted molar refractivity (Wildman–Crippen MR) is 85.3 cm³/mol. The number of sulfone groups is 1. The summed E-state index contributed by atoms with van der Waals surface area (Å²) in [6.07, 6.45) is 3.56. The Hall–Kier alpha value is -1.34. The summed E-state index contributed by atoms with van der Waals surface area (Å²) in [6.45, 7) is 0. The molecule has 3 rings (SSSR count). The maximum atomic E-state index is 11.6. The molecule has 2 aromatic heterocycles. The predicted octanol–water partition coefficient (Wildman–Crippen LogP) is 2.06. The van der Waals surface area contributed by atoms with Gasteiger partial charge in [-0.05, 0) is 37.1 Å². The van der Waals surface area contributed by atoms with Gasteiger partial charge in [-0.25, -0.2) is 13.1 Å². The number of hydrogen-bond donors (Lipinski definition) is 1. The molecule has 7 heteroatoms. The van der Waals surface area contributed by atoms with Crippen LogP contribution in [0.15, 0.2) is 23.6 Å². The van der Waals surface area contributed by atoms with Crippen molar-refractivity contribution < 1.29 is 8.42 Å². The van der Waals surface area contributed by atoms with Crippen molar-refractivity contribution in [2.45, 2.75) is 31.7 Å². The summed E-state index contributed by atoms with van der Waals surface area (Å²) >= 11 is 1.77. The van der Waals surface area contributed by atoms with Gasteiger partial charge >= 0.3 is 0 Å². The van der Waals surface area contributed by atoms with Gasteiger partial charge in [0.15, 0.2) is 9.84 Å². The van der Waals surface area contributed by atoms with Crippen LogP contribution in [0, 0.1) is 0 Å². The summed E-state index contributed by atoms with van der Waals surface area (Å²) in [5, 5.41) is 6.59. The zero-order chi connectivity index (χ0) is 14.9. The molecule has 1 atom stereocenters. The van der Waals surface area contributed by atoms with Gasteiger partial charge in [0.1, 0.15) is 5.82 Å². The molecule has 0 saturated carbocycles. The van der Waals surface area contributed by atoms with Crippen molar-refractivity contribution in [1.82, 2.24) is 9.78 Å². The third kappa shape index (κ3) is 3.47. The first-order valence-corrected chi connectivity index (χ1v) is 9.80. The van der Waals surface area contributed by atoms with Gasteiger partial charge in [0.25, 0.3) is 0 Å². The van der Waals surface area contributed by atoms with E-state index in [4.69, 9.17) is 5.73 Å². The average Bonchev–Trinajstić information content (AvgIpc) is 3.11. The first kappa shape index (κ1) is 14.6. The van der Waals surface area contributed by atoms with Crippen LogP contribution >= 0.6 is 11.3 Å². The highest BCUT2D eigenvalue weighted by Crippen LogP contribution is 2.26. The summed E-state index contributed by atoms with van der Waals surface area (Å²) in [5.74, 6) is 0.973. The van der Waals surface area contributed by atoms with Crippen LogP contribution in [0.25, 0.3) is 0 Å². The van der Waals surface area contributed by atoms with Crippen molar-refractivity contribution in [1.29, 1.82) is 0 Å². The normalized spacial score (nSPS) is 20.9. The lowest BCUT2D eigenvalue weighted by atomic mass is 10.2. The molecule has 2 aromatic rings. The molecule has 21 heavy (non-hydrogen) atoms. The quantitative estimate of drug-likeness (QED) is 0.913. The first-order chi connectivity index (χ1) is 10.0. The summed E-state index contributed by atoms with van der Waals surface area (Å²) < 4.78 is 24.8. The van der Waals surface area contributed by atoms with Gasteiger partial charge in [0.2, 0.25) is 0 Å². The molecule has 0 amide bonds. The molecule has 0 spiro atoms. The second-order valence-corrected chi connectivity index (χ2v) is 8.76. The number of nitrogens with two attached hydrogens (primary N) is 1. The average molecular weight is 325 g/mol. The van der Waals surface area contributed by atoms with Gasteiger partial charge in [-0.15, -0.1) is 11.3 Å². The minimum Gasteiger partial charge on any atom is -0.384 e. The Kier molecular flexibility index (Phi) is 4.03. The summed E-state index contributed by atoms with van der Waals surface area (Å²) in [7, 11) is -2.91. The van der Waals surface area contributed by atoms with Gasteiger partial charge in [-0.2, -0.15) is 5.10 Å². The molecule has 5 nitrogen and oxygen atoms in total. The Morgan fingerprint density at radius 3 is 2.95 bits per heavy atom. The van der Waals surface area contributed by atoms with Crippen LogP contribution in [0.1, 0.15) is 29.5 Å². The fourth-order valence-corrected chi connectivity index (χ4v) is 5.19. The van der Waals surface area contributed by atoms with E-state index in [2.05, 4.69) is 22.6 Å². The Morgan fingerprint density at radius 1 is 1.43 bits per heavy atom. The van der Waals surface area contributed by atoms with Crippen molar-refractivity contribution in [3.8, 4) is 0 Å². The Balaban J connectivity index is 1.62. The lowest BCUT2D eigenvalue weighted by Gasteiger charge is -2.09. The fourth-order valence-electron chi connectivity index (χ4n) is 2.74. The summed E-state index contributed by atoms with van der Waals surface area (Å²) in [5.41, 5.74) is 6.94. The topological polar surface area (TPSA) is 78.0 Å². The molecule has 3 heterocycles. The number of thiophene rings is 1. The van der Waals surface area contributed by atoms with E-state index in [-0.39, 0.29) is 17.5 Å². The zero-order valence-corrected chi connectivity index (χ0v) is 13.4. The molecule has 1 fully saturated rings. The van der Waals surface area contributed by atoms with Gasteiger partial charge < -0.3 is 5.73 Å². The fraction of sp³-hybridized carbons (Fsp3) is 0.500. The summed E-state index contributed by atoms with van der Waals surface area (Å²) in [4.78, 5) is 1.38.